The maximum Gasteiger partial charge on any atom is 0.530 e. The summed E-state index contributed by atoms with van der Waals surface area (Å²) in [4.78, 5) is 13.0. The summed E-state index contributed by atoms with van der Waals surface area (Å²) in [5, 5.41) is 0. The Bertz CT molecular complexity index is 1670. The van der Waals surface area contributed by atoms with Crippen LogP contribution in [0.2, 0.25) is 0 Å². The van der Waals surface area contributed by atoms with Crippen molar-refractivity contribution < 1.29 is 41.9 Å². The normalized spacial score (nSPS) is 12.9. The minimum atomic E-state index is -4.22. The van der Waals surface area contributed by atoms with Crippen LogP contribution in [0.3, 0.4) is 0 Å². The number of carbonyl (C=O) groups is 1. The van der Waals surface area contributed by atoms with Crippen molar-refractivity contribution >= 4 is 19.2 Å². The van der Waals surface area contributed by atoms with E-state index in [0.29, 0.717) is 40.6 Å². The van der Waals surface area contributed by atoms with Crippen LogP contribution in [0, 0.1) is 0 Å². The van der Waals surface area contributed by atoms with E-state index in [1.807, 2.05) is 66.7 Å². The van der Waals surface area contributed by atoms with Gasteiger partial charge in [-0.1, -0.05) is 66.7 Å². The van der Waals surface area contributed by atoms with Gasteiger partial charge in [-0.3, -0.25) is 13.8 Å². The molecule has 0 saturated heterocycles. The van der Waals surface area contributed by atoms with Crippen LogP contribution in [0.15, 0.2) is 91.0 Å². The Kier molecular flexibility index (Phi) is 10.2. The molecule has 0 atom stereocenters. The summed E-state index contributed by atoms with van der Waals surface area (Å²) in [5.74, 6) is 1.74. The molecule has 0 bridgehead atoms. The SMILES string of the molecule is COc1ccc(C2=CC(=O)CCc3c2cc(OC)c(OC)c3OC)cc1OP(=O)(OCc1ccccc1)OCc1ccccc1. The molecule has 0 heterocycles. The third kappa shape index (κ3) is 7.40. The molecule has 4 aromatic carbocycles. The molecule has 234 valence electrons. The predicted octanol–water partition coefficient (Wildman–Crippen LogP) is 7.59. The maximum atomic E-state index is 14.2. The summed E-state index contributed by atoms with van der Waals surface area (Å²) in [6.45, 7) is -0.0211. The third-order valence-electron chi connectivity index (χ3n) is 7.30. The van der Waals surface area contributed by atoms with E-state index in [1.54, 1.807) is 31.4 Å². The fourth-order valence-electron chi connectivity index (χ4n) is 5.08. The van der Waals surface area contributed by atoms with Gasteiger partial charge in [0.05, 0.1) is 41.7 Å². The number of ketones is 1. The molecular formula is C35H35O9P. The highest BCUT2D eigenvalue weighted by atomic mass is 31.2. The topological polar surface area (TPSA) is 98.8 Å². The zero-order valence-corrected chi connectivity index (χ0v) is 26.5. The van der Waals surface area contributed by atoms with Crippen molar-refractivity contribution in [1.29, 1.82) is 0 Å². The van der Waals surface area contributed by atoms with Crippen molar-refractivity contribution in [3.8, 4) is 28.7 Å². The fraction of sp³-hybridized carbons (Fsp3) is 0.229. The molecule has 0 spiro atoms. The second kappa shape index (κ2) is 14.5. The van der Waals surface area contributed by atoms with Gasteiger partial charge in [0.25, 0.3) is 0 Å². The van der Waals surface area contributed by atoms with Crippen molar-refractivity contribution in [2.24, 2.45) is 0 Å². The molecule has 0 unspecified atom stereocenters. The summed E-state index contributed by atoms with van der Waals surface area (Å²) in [7, 11) is 1.89. The van der Waals surface area contributed by atoms with Gasteiger partial charge in [-0.25, -0.2) is 4.57 Å². The number of fused-ring (bicyclic) bond motifs is 1. The molecule has 0 N–H and O–H groups in total. The van der Waals surface area contributed by atoms with Crippen LogP contribution < -0.4 is 23.5 Å². The van der Waals surface area contributed by atoms with Crippen LogP contribution in [-0.2, 0) is 38.0 Å². The molecule has 4 aromatic rings. The molecule has 1 aliphatic rings. The molecule has 45 heavy (non-hydrogen) atoms. The number of benzene rings is 4. The minimum absolute atomic E-state index is 0.0105. The van der Waals surface area contributed by atoms with E-state index >= 15 is 0 Å². The Morgan fingerprint density at radius 3 is 1.80 bits per heavy atom. The quantitative estimate of drug-likeness (QED) is 0.138. The zero-order chi connectivity index (χ0) is 31.8. The molecule has 0 amide bonds. The third-order valence-corrected chi connectivity index (χ3v) is 8.61. The van der Waals surface area contributed by atoms with Gasteiger partial charge in [0.2, 0.25) is 5.75 Å². The van der Waals surface area contributed by atoms with Crippen LogP contribution >= 0.6 is 7.82 Å². The number of phosphoric ester groups is 1. The highest BCUT2D eigenvalue weighted by Crippen LogP contribution is 2.54. The number of hydrogen-bond acceptors (Lipinski definition) is 9. The summed E-state index contributed by atoms with van der Waals surface area (Å²) in [5.41, 5.74) is 4.33. The lowest BCUT2D eigenvalue weighted by molar-refractivity contribution is -0.114. The number of allylic oxidation sites excluding steroid dienone is 1. The van der Waals surface area contributed by atoms with Crippen LogP contribution in [0.4, 0.5) is 0 Å². The first-order chi connectivity index (χ1) is 21.9. The number of methoxy groups -OCH3 is 4. The highest BCUT2D eigenvalue weighted by Gasteiger charge is 2.32. The van der Waals surface area contributed by atoms with Crippen molar-refractivity contribution in [1.82, 2.24) is 0 Å². The number of ether oxygens (including phenoxy) is 4. The van der Waals surface area contributed by atoms with Gasteiger partial charge >= 0.3 is 7.82 Å². The summed E-state index contributed by atoms with van der Waals surface area (Å²) >= 11 is 0. The molecule has 1 aliphatic carbocycles. The fourth-order valence-corrected chi connectivity index (χ4v) is 6.26. The van der Waals surface area contributed by atoms with Gasteiger partial charge in [0.15, 0.2) is 28.8 Å². The standard InChI is InChI=1S/C35H35O9P/c1-38-31-18-15-26(29-20-27(36)16-17-28-30(29)21-33(39-2)35(41-4)34(28)40-3)19-32(31)44-45(37,42-22-24-11-7-5-8-12-24)43-23-25-13-9-6-10-14-25/h5-15,18-21H,16-17,22-23H2,1-4H3. The van der Waals surface area contributed by atoms with E-state index < -0.39 is 7.82 Å². The van der Waals surface area contributed by atoms with Crippen molar-refractivity contribution in [3.05, 3.63) is 119 Å². The maximum absolute atomic E-state index is 14.2. The molecule has 0 aliphatic heterocycles. The Morgan fingerprint density at radius 1 is 0.644 bits per heavy atom. The lowest BCUT2D eigenvalue weighted by Crippen LogP contribution is -2.05. The number of phosphoric acid groups is 1. The molecule has 0 saturated carbocycles. The van der Waals surface area contributed by atoms with Crippen molar-refractivity contribution in [2.75, 3.05) is 28.4 Å². The molecule has 0 radical (unpaired) electrons. The summed E-state index contributed by atoms with van der Waals surface area (Å²) in [6, 6.07) is 25.6. The summed E-state index contributed by atoms with van der Waals surface area (Å²) in [6.07, 6.45) is 2.30. The molecule has 9 nitrogen and oxygen atoms in total. The number of hydrogen-bond donors (Lipinski definition) is 0. The first kappa shape index (κ1) is 31.9. The Balaban J connectivity index is 1.55. The van der Waals surface area contributed by atoms with Crippen LogP contribution in [0.25, 0.3) is 5.57 Å². The predicted molar refractivity (Wildman–Crippen MR) is 170 cm³/mol. The monoisotopic (exact) mass is 630 g/mol. The van der Waals surface area contributed by atoms with Crippen molar-refractivity contribution in [3.63, 3.8) is 0 Å². The second-order valence-electron chi connectivity index (χ2n) is 10.1. The lowest BCUT2D eigenvalue weighted by Gasteiger charge is -2.22. The average molecular weight is 631 g/mol. The zero-order valence-electron chi connectivity index (χ0n) is 25.6. The van der Waals surface area contributed by atoms with Gasteiger partial charge < -0.3 is 23.5 Å². The van der Waals surface area contributed by atoms with Gasteiger partial charge in [-0.05, 0) is 58.5 Å². The second-order valence-corrected chi connectivity index (χ2v) is 11.7. The van der Waals surface area contributed by atoms with E-state index in [0.717, 1.165) is 22.3 Å². The molecular weight excluding hydrogens is 595 g/mol. The van der Waals surface area contributed by atoms with Crippen LogP contribution in [-0.4, -0.2) is 34.2 Å². The van der Waals surface area contributed by atoms with E-state index in [2.05, 4.69) is 0 Å². The summed E-state index contributed by atoms with van der Waals surface area (Å²) < 4.78 is 54.5. The first-order valence-corrected chi connectivity index (χ1v) is 15.8. The van der Waals surface area contributed by atoms with E-state index in [-0.39, 0.29) is 31.2 Å². The van der Waals surface area contributed by atoms with Crippen LogP contribution in [0.5, 0.6) is 28.7 Å². The smallest absolute Gasteiger partial charge is 0.493 e. The minimum Gasteiger partial charge on any atom is -0.493 e. The van der Waals surface area contributed by atoms with E-state index in [9.17, 15) is 9.36 Å². The largest absolute Gasteiger partial charge is 0.530 e. The molecule has 0 aromatic heterocycles. The average Bonchev–Trinajstić information content (AvgIpc) is 3.24. The molecule has 10 heteroatoms. The van der Waals surface area contributed by atoms with Crippen LogP contribution in [0.1, 0.15) is 34.2 Å². The van der Waals surface area contributed by atoms with Gasteiger partial charge in [0, 0.05) is 12.0 Å². The van der Waals surface area contributed by atoms with Gasteiger partial charge in [-0.15, -0.1) is 0 Å². The highest BCUT2D eigenvalue weighted by molar-refractivity contribution is 7.48. The van der Waals surface area contributed by atoms with E-state index in [1.165, 1.54) is 21.3 Å². The number of carbonyl (C=O) groups excluding carboxylic acids is 1. The Morgan fingerprint density at radius 2 is 1.24 bits per heavy atom. The van der Waals surface area contributed by atoms with E-state index in [4.69, 9.17) is 32.5 Å². The lowest BCUT2D eigenvalue weighted by atomic mass is 9.92. The molecule has 5 rings (SSSR count). The number of rotatable bonds is 13. The van der Waals surface area contributed by atoms with Gasteiger partial charge in [-0.2, -0.15) is 0 Å². The Hall–Kier alpha value is -4.56. The van der Waals surface area contributed by atoms with Crippen molar-refractivity contribution in [2.45, 2.75) is 26.1 Å². The van der Waals surface area contributed by atoms with Gasteiger partial charge in [0.1, 0.15) is 0 Å². The molecule has 0 fully saturated rings. The Labute approximate surface area is 262 Å². The first-order valence-electron chi connectivity index (χ1n) is 14.3.